The Balaban J connectivity index is 1.94. The molecule has 2 aromatic rings. The topological polar surface area (TPSA) is 27.0 Å². The van der Waals surface area contributed by atoms with E-state index in [0.717, 1.165) is 41.7 Å². The minimum Gasteiger partial charge on any atom is -0.366 e. The van der Waals surface area contributed by atoms with E-state index in [2.05, 4.69) is 50.5 Å². The number of halogens is 1. The Morgan fingerprint density at radius 2 is 2.26 bits per heavy atom. The van der Waals surface area contributed by atoms with E-state index >= 15 is 0 Å². The monoisotopic (exact) mass is 332 g/mol. The SMILES string of the molecule is N#Cc1cc(CBr)ccc1N1CCc2sccc2C1. The molecule has 2 nitrogen and oxygen atoms in total. The van der Waals surface area contributed by atoms with Crippen molar-refractivity contribution in [2.75, 3.05) is 11.4 Å². The van der Waals surface area contributed by atoms with Crippen LogP contribution in [0.2, 0.25) is 0 Å². The van der Waals surface area contributed by atoms with Gasteiger partial charge in [-0.3, -0.25) is 0 Å². The number of thiophene rings is 1. The fourth-order valence-corrected chi connectivity index (χ4v) is 3.72. The number of anilines is 1. The molecule has 0 amide bonds. The first kappa shape index (κ1) is 12.7. The Labute approximate surface area is 125 Å². The first-order chi connectivity index (χ1) is 9.31. The van der Waals surface area contributed by atoms with Crippen LogP contribution < -0.4 is 4.90 Å². The Morgan fingerprint density at radius 3 is 3.05 bits per heavy atom. The average molecular weight is 333 g/mol. The zero-order valence-electron chi connectivity index (χ0n) is 10.4. The van der Waals surface area contributed by atoms with Crippen LogP contribution in [-0.2, 0) is 18.3 Å². The van der Waals surface area contributed by atoms with Crippen LogP contribution in [-0.4, -0.2) is 6.54 Å². The molecule has 0 fully saturated rings. The molecule has 0 radical (unpaired) electrons. The summed E-state index contributed by atoms with van der Waals surface area (Å²) in [6.07, 6.45) is 1.08. The summed E-state index contributed by atoms with van der Waals surface area (Å²) in [5.41, 5.74) is 4.39. The lowest BCUT2D eigenvalue weighted by Crippen LogP contribution is -2.30. The summed E-state index contributed by atoms with van der Waals surface area (Å²) in [5, 5.41) is 12.3. The molecular formula is C15H13BrN2S. The van der Waals surface area contributed by atoms with Crippen LogP contribution in [0.25, 0.3) is 0 Å². The summed E-state index contributed by atoms with van der Waals surface area (Å²) in [6.45, 7) is 1.91. The molecule has 1 aromatic heterocycles. The molecule has 1 aromatic carbocycles. The second kappa shape index (κ2) is 5.36. The molecule has 0 bridgehead atoms. The smallest absolute Gasteiger partial charge is 0.101 e. The highest BCUT2D eigenvalue weighted by Gasteiger charge is 2.19. The van der Waals surface area contributed by atoms with E-state index < -0.39 is 0 Å². The summed E-state index contributed by atoms with van der Waals surface area (Å²) < 4.78 is 0. The fraction of sp³-hybridized carbons (Fsp3) is 0.267. The molecule has 1 aliphatic rings. The first-order valence-corrected chi connectivity index (χ1v) is 8.21. The number of hydrogen-bond acceptors (Lipinski definition) is 3. The Kier molecular flexibility index (Phi) is 3.58. The quantitative estimate of drug-likeness (QED) is 0.775. The number of hydrogen-bond donors (Lipinski definition) is 0. The third-order valence-electron chi connectivity index (χ3n) is 3.48. The molecule has 0 saturated carbocycles. The van der Waals surface area contributed by atoms with Crippen molar-refractivity contribution in [3.05, 3.63) is 51.2 Å². The van der Waals surface area contributed by atoms with Gasteiger partial charge in [0.25, 0.3) is 0 Å². The lowest BCUT2D eigenvalue weighted by atomic mass is 10.1. The van der Waals surface area contributed by atoms with E-state index in [9.17, 15) is 5.26 Å². The molecule has 0 unspecified atom stereocenters. The van der Waals surface area contributed by atoms with E-state index in [1.165, 1.54) is 10.4 Å². The highest BCUT2D eigenvalue weighted by Crippen LogP contribution is 2.30. The van der Waals surface area contributed by atoms with Crippen LogP contribution in [0.3, 0.4) is 0 Å². The number of nitriles is 1. The van der Waals surface area contributed by atoms with Crippen LogP contribution in [0.5, 0.6) is 0 Å². The summed E-state index contributed by atoms with van der Waals surface area (Å²) in [5.74, 6) is 0. The maximum Gasteiger partial charge on any atom is 0.101 e. The summed E-state index contributed by atoms with van der Waals surface area (Å²) in [4.78, 5) is 3.80. The van der Waals surface area contributed by atoms with Gasteiger partial charge in [0, 0.05) is 23.3 Å². The number of benzene rings is 1. The number of alkyl halides is 1. The van der Waals surface area contributed by atoms with Crippen molar-refractivity contribution >= 4 is 33.0 Å². The van der Waals surface area contributed by atoms with Gasteiger partial charge in [0.2, 0.25) is 0 Å². The van der Waals surface area contributed by atoms with Gasteiger partial charge in [0.05, 0.1) is 11.3 Å². The highest BCUT2D eigenvalue weighted by molar-refractivity contribution is 9.08. The first-order valence-electron chi connectivity index (χ1n) is 6.21. The zero-order chi connectivity index (χ0) is 13.2. The van der Waals surface area contributed by atoms with Gasteiger partial charge in [0.15, 0.2) is 0 Å². The van der Waals surface area contributed by atoms with E-state index in [0.29, 0.717) is 0 Å². The van der Waals surface area contributed by atoms with Crippen LogP contribution in [0.15, 0.2) is 29.6 Å². The van der Waals surface area contributed by atoms with E-state index in [1.807, 2.05) is 17.4 Å². The van der Waals surface area contributed by atoms with Crippen molar-refractivity contribution in [1.29, 1.82) is 5.26 Å². The molecule has 3 rings (SSSR count). The predicted molar refractivity (Wildman–Crippen MR) is 82.9 cm³/mol. The molecule has 0 N–H and O–H groups in total. The standard InChI is InChI=1S/C15H13BrN2S/c16-8-11-1-2-14(13(7-11)9-17)18-5-3-15-12(10-18)4-6-19-15/h1-2,4,6-7H,3,5,8,10H2. The molecule has 0 aliphatic carbocycles. The maximum atomic E-state index is 9.33. The second-order valence-electron chi connectivity index (χ2n) is 4.64. The van der Waals surface area contributed by atoms with E-state index in [-0.39, 0.29) is 0 Å². The van der Waals surface area contributed by atoms with Crippen molar-refractivity contribution in [3.8, 4) is 6.07 Å². The molecular weight excluding hydrogens is 320 g/mol. The average Bonchev–Trinajstić information content (AvgIpc) is 2.93. The lowest BCUT2D eigenvalue weighted by molar-refractivity contribution is 0.742. The molecule has 1 aliphatic heterocycles. The van der Waals surface area contributed by atoms with E-state index in [1.54, 1.807) is 0 Å². The Morgan fingerprint density at radius 1 is 1.37 bits per heavy atom. The van der Waals surface area contributed by atoms with Gasteiger partial charge in [-0.2, -0.15) is 5.26 Å². The minimum atomic E-state index is 0.774. The van der Waals surface area contributed by atoms with Crippen LogP contribution >= 0.6 is 27.3 Å². The molecule has 0 atom stereocenters. The van der Waals surface area contributed by atoms with Crippen LogP contribution in [0, 0.1) is 11.3 Å². The number of fused-ring (bicyclic) bond motifs is 1. The summed E-state index contributed by atoms with van der Waals surface area (Å²) in [6, 6.07) is 10.7. The van der Waals surface area contributed by atoms with Crippen molar-refractivity contribution < 1.29 is 0 Å². The minimum absolute atomic E-state index is 0.774. The third kappa shape index (κ3) is 2.41. The van der Waals surface area contributed by atoms with Gasteiger partial charge < -0.3 is 4.90 Å². The van der Waals surface area contributed by atoms with Gasteiger partial charge in [-0.15, -0.1) is 11.3 Å². The van der Waals surface area contributed by atoms with Crippen molar-refractivity contribution in [2.45, 2.75) is 18.3 Å². The zero-order valence-corrected chi connectivity index (χ0v) is 12.8. The van der Waals surface area contributed by atoms with Gasteiger partial charge in [-0.1, -0.05) is 22.0 Å². The number of rotatable bonds is 2. The molecule has 4 heteroatoms. The normalized spacial score (nSPS) is 14.0. The lowest BCUT2D eigenvalue weighted by Gasteiger charge is -2.29. The van der Waals surface area contributed by atoms with Gasteiger partial charge in [-0.05, 0) is 41.1 Å². The largest absolute Gasteiger partial charge is 0.366 e. The Bertz CT molecular complexity index is 642. The molecule has 0 spiro atoms. The summed E-state index contributed by atoms with van der Waals surface area (Å²) in [7, 11) is 0. The second-order valence-corrected chi connectivity index (χ2v) is 6.20. The van der Waals surface area contributed by atoms with Crippen molar-refractivity contribution in [2.24, 2.45) is 0 Å². The summed E-state index contributed by atoms with van der Waals surface area (Å²) >= 11 is 5.28. The van der Waals surface area contributed by atoms with E-state index in [4.69, 9.17) is 0 Å². The maximum absolute atomic E-state index is 9.33. The molecule has 96 valence electrons. The van der Waals surface area contributed by atoms with Crippen LogP contribution in [0.4, 0.5) is 5.69 Å². The third-order valence-corrected chi connectivity index (χ3v) is 5.15. The van der Waals surface area contributed by atoms with Gasteiger partial charge >= 0.3 is 0 Å². The van der Waals surface area contributed by atoms with Gasteiger partial charge in [0.1, 0.15) is 6.07 Å². The van der Waals surface area contributed by atoms with Crippen molar-refractivity contribution in [1.82, 2.24) is 0 Å². The highest BCUT2D eigenvalue weighted by atomic mass is 79.9. The van der Waals surface area contributed by atoms with Crippen molar-refractivity contribution in [3.63, 3.8) is 0 Å². The van der Waals surface area contributed by atoms with Gasteiger partial charge in [-0.25, -0.2) is 0 Å². The Hall–Kier alpha value is -1.31. The molecule has 19 heavy (non-hydrogen) atoms. The number of nitrogens with zero attached hydrogens (tertiary/aromatic N) is 2. The fourth-order valence-electron chi connectivity index (χ4n) is 2.49. The predicted octanol–water partition coefficient (Wildman–Crippen LogP) is 4.08. The molecule has 2 heterocycles. The molecule has 0 saturated heterocycles. The van der Waals surface area contributed by atoms with Crippen LogP contribution in [0.1, 0.15) is 21.6 Å².